The van der Waals surface area contributed by atoms with Crippen LogP contribution in [0, 0.1) is 23.2 Å². The molecule has 28 heavy (non-hydrogen) atoms. The molecule has 2 amide bonds. The van der Waals surface area contributed by atoms with Crippen molar-refractivity contribution in [2.24, 2.45) is 16.9 Å². The van der Waals surface area contributed by atoms with Crippen LogP contribution in [0.15, 0.2) is 47.6 Å². The number of nitriles is 1. The van der Waals surface area contributed by atoms with Crippen molar-refractivity contribution < 1.29 is 9.59 Å². The van der Waals surface area contributed by atoms with E-state index >= 15 is 0 Å². The number of hydrogen-bond donors (Lipinski definition) is 2. The summed E-state index contributed by atoms with van der Waals surface area (Å²) in [5, 5.41) is 15.9. The van der Waals surface area contributed by atoms with Gasteiger partial charge in [0.2, 0.25) is 0 Å². The van der Waals surface area contributed by atoms with Crippen LogP contribution in [0.25, 0.3) is 0 Å². The van der Waals surface area contributed by atoms with E-state index in [2.05, 4.69) is 41.0 Å². The Kier molecular flexibility index (Phi) is 8.41. The molecule has 1 saturated carbocycles. The second-order valence-electron chi connectivity index (χ2n) is 7.03. The van der Waals surface area contributed by atoms with E-state index in [4.69, 9.17) is 5.26 Å². The zero-order chi connectivity index (χ0) is 20.4. The summed E-state index contributed by atoms with van der Waals surface area (Å²) >= 11 is 0. The molecule has 2 rings (SSSR count). The van der Waals surface area contributed by atoms with Gasteiger partial charge in [-0.15, -0.1) is 0 Å². The first-order valence-electron chi connectivity index (χ1n) is 9.81. The van der Waals surface area contributed by atoms with Crippen LogP contribution in [0.3, 0.4) is 0 Å². The van der Waals surface area contributed by atoms with Gasteiger partial charge in [0.1, 0.15) is 0 Å². The molecule has 0 unspecified atom stereocenters. The summed E-state index contributed by atoms with van der Waals surface area (Å²) in [6, 6.07) is 11.4. The number of nitrogens with zero attached hydrogens (tertiary/aromatic N) is 2. The fourth-order valence-corrected chi connectivity index (χ4v) is 3.49. The monoisotopic (exact) mass is 382 g/mol. The molecule has 1 aliphatic carbocycles. The maximum absolute atomic E-state index is 12.1. The predicted octanol–water partition coefficient (Wildman–Crippen LogP) is 3.63. The molecule has 2 N–H and O–H groups in total. The van der Waals surface area contributed by atoms with Crippen LogP contribution in [0.4, 0.5) is 0 Å². The van der Waals surface area contributed by atoms with Gasteiger partial charge in [0, 0.05) is 18.1 Å². The van der Waals surface area contributed by atoms with Gasteiger partial charge in [-0.2, -0.15) is 10.4 Å². The van der Waals surface area contributed by atoms with Crippen LogP contribution < -0.4 is 10.7 Å². The first-order valence-corrected chi connectivity index (χ1v) is 9.81. The molecule has 1 aromatic carbocycles. The first kappa shape index (κ1) is 21.4. The average Bonchev–Trinajstić information content (AvgIpc) is 3.09. The number of rotatable bonds is 7. The molecular weight excluding hydrogens is 354 g/mol. The molecule has 1 aromatic rings. The summed E-state index contributed by atoms with van der Waals surface area (Å²) in [6.45, 7) is 3.90. The molecule has 0 aliphatic heterocycles. The van der Waals surface area contributed by atoms with E-state index in [-0.39, 0.29) is 17.9 Å². The van der Waals surface area contributed by atoms with Gasteiger partial charge in [0.25, 0.3) is 0 Å². The van der Waals surface area contributed by atoms with Crippen LogP contribution in [0.1, 0.15) is 57.6 Å². The zero-order valence-electron chi connectivity index (χ0n) is 16.5. The summed E-state index contributed by atoms with van der Waals surface area (Å²) in [6.07, 6.45) is 8.04. The molecule has 0 saturated heterocycles. The molecule has 0 radical (unpaired) electrons. The Morgan fingerprint density at radius 1 is 1.29 bits per heavy atom. The molecule has 0 heterocycles. The topological polar surface area (TPSA) is 94.3 Å². The Hall–Kier alpha value is -2.94. The second-order valence-corrected chi connectivity index (χ2v) is 7.03. The number of carbonyl (C=O) groups excluding carboxylic acids is 2. The van der Waals surface area contributed by atoms with E-state index in [9.17, 15) is 9.59 Å². The number of benzene rings is 1. The maximum atomic E-state index is 12.1. The van der Waals surface area contributed by atoms with Crippen molar-refractivity contribution in [2.75, 3.05) is 0 Å². The Balaban J connectivity index is 1.96. The van der Waals surface area contributed by atoms with Crippen molar-refractivity contribution in [1.29, 1.82) is 5.26 Å². The lowest BCUT2D eigenvalue weighted by Gasteiger charge is -2.16. The maximum Gasteiger partial charge on any atom is 0.329 e. The molecule has 3 atom stereocenters. The van der Waals surface area contributed by atoms with E-state index in [0.29, 0.717) is 6.42 Å². The van der Waals surface area contributed by atoms with Crippen molar-refractivity contribution in [3.8, 4) is 6.07 Å². The lowest BCUT2D eigenvalue weighted by molar-refractivity contribution is -0.139. The fraction of sp³-hybridized carbons (Fsp3) is 0.455. The molecule has 6 nitrogen and oxygen atoms in total. The van der Waals surface area contributed by atoms with Crippen molar-refractivity contribution in [3.05, 3.63) is 48.0 Å². The Morgan fingerprint density at radius 3 is 2.71 bits per heavy atom. The highest BCUT2D eigenvalue weighted by atomic mass is 16.2. The van der Waals surface area contributed by atoms with Gasteiger partial charge in [0.15, 0.2) is 0 Å². The molecule has 6 heteroatoms. The summed E-state index contributed by atoms with van der Waals surface area (Å²) in [7, 11) is 0. The number of amides is 2. The minimum absolute atomic E-state index is 0.133. The first-order chi connectivity index (χ1) is 13.6. The van der Waals surface area contributed by atoms with E-state index in [1.165, 1.54) is 0 Å². The van der Waals surface area contributed by atoms with E-state index in [1.54, 1.807) is 0 Å². The van der Waals surface area contributed by atoms with Crippen molar-refractivity contribution >= 4 is 17.5 Å². The lowest BCUT2D eigenvalue weighted by atomic mass is 9.92. The van der Waals surface area contributed by atoms with E-state index < -0.39 is 11.8 Å². The van der Waals surface area contributed by atoms with Gasteiger partial charge in [-0.3, -0.25) is 9.59 Å². The molecule has 0 bridgehead atoms. The highest BCUT2D eigenvalue weighted by Crippen LogP contribution is 2.34. The van der Waals surface area contributed by atoms with Crippen LogP contribution in [-0.4, -0.2) is 17.5 Å². The number of allylic oxidation sites excluding steroid dienone is 2. The summed E-state index contributed by atoms with van der Waals surface area (Å²) in [5.41, 5.74) is 4.18. The van der Waals surface area contributed by atoms with Gasteiger partial charge in [-0.1, -0.05) is 49.4 Å². The third-order valence-electron chi connectivity index (χ3n) is 5.07. The highest BCUT2D eigenvalue weighted by Gasteiger charge is 2.32. The van der Waals surface area contributed by atoms with Crippen LogP contribution in [0.5, 0.6) is 0 Å². The summed E-state index contributed by atoms with van der Waals surface area (Å²) in [5.74, 6) is -1.11. The Bertz CT molecular complexity index is 764. The number of hydrazone groups is 1. The summed E-state index contributed by atoms with van der Waals surface area (Å²) in [4.78, 5) is 24.3. The zero-order valence-corrected chi connectivity index (χ0v) is 16.5. The third-order valence-corrected chi connectivity index (χ3v) is 5.07. The van der Waals surface area contributed by atoms with Crippen molar-refractivity contribution in [1.82, 2.24) is 10.7 Å². The van der Waals surface area contributed by atoms with Crippen molar-refractivity contribution in [2.45, 2.75) is 52.0 Å². The molecule has 1 aliphatic rings. The Labute approximate surface area is 166 Å². The number of hydrogen-bond acceptors (Lipinski definition) is 4. The smallest absolute Gasteiger partial charge is 0.329 e. The van der Waals surface area contributed by atoms with Crippen LogP contribution >= 0.6 is 0 Å². The fourth-order valence-electron chi connectivity index (χ4n) is 3.49. The highest BCUT2D eigenvalue weighted by molar-refractivity contribution is 6.35. The minimum atomic E-state index is -0.776. The lowest BCUT2D eigenvalue weighted by Crippen LogP contribution is -2.39. The number of nitrogens with one attached hydrogen (secondary N) is 2. The predicted molar refractivity (Wildman–Crippen MR) is 109 cm³/mol. The Morgan fingerprint density at radius 2 is 2.04 bits per heavy atom. The normalized spacial score (nSPS) is 21.4. The van der Waals surface area contributed by atoms with E-state index in [0.717, 1.165) is 37.0 Å². The average molecular weight is 382 g/mol. The second kappa shape index (κ2) is 11.0. The minimum Gasteiger partial charge on any atom is -0.341 e. The van der Waals surface area contributed by atoms with Gasteiger partial charge in [-0.05, 0) is 44.1 Å². The van der Waals surface area contributed by atoms with Crippen LogP contribution in [-0.2, 0) is 9.59 Å². The summed E-state index contributed by atoms with van der Waals surface area (Å²) < 4.78 is 0. The molecule has 0 spiro atoms. The molecule has 148 valence electrons. The quantitative estimate of drug-likeness (QED) is 0.428. The van der Waals surface area contributed by atoms with Gasteiger partial charge >= 0.3 is 11.8 Å². The van der Waals surface area contributed by atoms with Crippen LogP contribution in [0.2, 0.25) is 0 Å². The standard InChI is InChI=1S/C22H28N4O2/c1-3-4-6-11-19-18(14-15-23)12-13-20(19)25-26-22(28)21(27)24-16(2)17-9-7-5-8-10-17/h4-10,16,18-19H,3,11-14H2,1-2H3,(H,24,27)(H,26,28)/b6-4-,25-20-/t16-,18+,19+/m0/s1/i15+2. The SMILES string of the molecule is CC/C=C\C[C@H]1/C(=N\NC(=O)C(=O)N[C@@H](C)c2ccccc2)CC[C@@H]1C[14C]#N. The van der Waals surface area contributed by atoms with Gasteiger partial charge in [-0.25, -0.2) is 5.43 Å². The molecule has 0 aromatic heterocycles. The molecule has 1 fully saturated rings. The number of carbonyl (C=O) groups is 2. The van der Waals surface area contributed by atoms with Crippen molar-refractivity contribution in [3.63, 3.8) is 0 Å². The largest absolute Gasteiger partial charge is 0.341 e. The third kappa shape index (κ3) is 6.05. The molecular formula is C22H28N4O2. The van der Waals surface area contributed by atoms with E-state index in [1.807, 2.05) is 37.3 Å². The van der Waals surface area contributed by atoms with Gasteiger partial charge in [0.05, 0.1) is 12.1 Å². The van der Waals surface area contributed by atoms with Gasteiger partial charge < -0.3 is 5.32 Å².